The lowest BCUT2D eigenvalue weighted by atomic mass is 10.1. The second kappa shape index (κ2) is 7.40. The maximum Gasteiger partial charge on any atom is 0.418 e. The highest BCUT2D eigenvalue weighted by atomic mass is 32.1. The number of nitrogens with zero attached hydrogens (tertiary/aromatic N) is 3. The number of piperazine rings is 1. The first kappa shape index (κ1) is 17.7. The highest BCUT2D eigenvalue weighted by Crippen LogP contribution is 2.34. The number of hydrogen-bond acceptors (Lipinski definition) is 4. The lowest BCUT2D eigenvalue weighted by Crippen LogP contribution is -2.49. The van der Waals surface area contributed by atoms with Gasteiger partial charge in [0.25, 0.3) is 0 Å². The van der Waals surface area contributed by atoms with E-state index in [4.69, 9.17) is 0 Å². The monoisotopic (exact) mass is 370 g/mol. The van der Waals surface area contributed by atoms with Crippen LogP contribution in [-0.2, 0) is 12.7 Å². The highest BCUT2D eigenvalue weighted by molar-refractivity contribution is 7.07. The zero-order valence-electron chi connectivity index (χ0n) is 13.3. The smallest absolute Gasteiger partial charge is 0.322 e. The number of rotatable bonds is 3. The van der Waals surface area contributed by atoms with Crippen LogP contribution in [0, 0.1) is 0 Å². The third-order valence-corrected chi connectivity index (χ3v) is 4.64. The van der Waals surface area contributed by atoms with Crippen LogP contribution in [0.4, 0.5) is 23.7 Å². The molecule has 1 aromatic heterocycles. The summed E-state index contributed by atoms with van der Waals surface area (Å²) in [5.41, 5.74) is 1.70. The molecule has 1 aliphatic heterocycles. The predicted molar refractivity (Wildman–Crippen MR) is 89.4 cm³/mol. The molecule has 134 valence electrons. The summed E-state index contributed by atoms with van der Waals surface area (Å²) in [5.74, 6) is 0. The number of alkyl halides is 3. The third kappa shape index (κ3) is 4.49. The number of benzene rings is 1. The Kier molecular flexibility index (Phi) is 5.24. The summed E-state index contributed by atoms with van der Waals surface area (Å²) in [7, 11) is 0. The minimum atomic E-state index is -4.50. The standard InChI is InChI=1S/C16H17F3N4OS/c17-16(18,19)13-3-1-2-4-14(13)21-15(24)23-7-5-22(6-8-23)9-12-10-25-11-20-12/h1-4,10-11H,5-9H2,(H,21,24). The lowest BCUT2D eigenvalue weighted by molar-refractivity contribution is -0.136. The van der Waals surface area contributed by atoms with Crippen LogP contribution in [0.3, 0.4) is 0 Å². The van der Waals surface area contributed by atoms with Gasteiger partial charge in [-0.15, -0.1) is 11.3 Å². The lowest BCUT2D eigenvalue weighted by Gasteiger charge is -2.34. The SMILES string of the molecule is O=C(Nc1ccccc1C(F)(F)F)N1CCN(Cc2cscn2)CC1. The second-order valence-electron chi connectivity index (χ2n) is 5.72. The highest BCUT2D eigenvalue weighted by Gasteiger charge is 2.34. The van der Waals surface area contributed by atoms with Crippen LogP contribution < -0.4 is 5.32 Å². The molecule has 0 saturated carbocycles. The second-order valence-corrected chi connectivity index (χ2v) is 6.44. The quantitative estimate of drug-likeness (QED) is 0.900. The van der Waals surface area contributed by atoms with Crippen LogP contribution in [-0.4, -0.2) is 47.0 Å². The maximum atomic E-state index is 13.0. The molecule has 9 heteroatoms. The van der Waals surface area contributed by atoms with Crippen molar-refractivity contribution in [2.45, 2.75) is 12.7 Å². The number of hydrogen-bond donors (Lipinski definition) is 1. The van der Waals surface area contributed by atoms with Crippen molar-refractivity contribution in [3.8, 4) is 0 Å². The molecule has 3 rings (SSSR count). The van der Waals surface area contributed by atoms with Crippen molar-refractivity contribution >= 4 is 23.1 Å². The van der Waals surface area contributed by atoms with E-state index in [9.17, 15) is 18.0 Å². The number of urea groups is 1. The van der Waals surface area contributed by atoms with E-state index >= 15 is 0 Å². The number of aromatic nitrogens is 1. The minimum absolute atomic E-state index is 0.218. The maximum absolute atomic E-state index is 13.0. The molecule has 0 spiro atoms. The third-order valence-electron chi connectivity index (χ3n) is 4.00. The average molecular weight is 370 g/mol. The average Bonchev–Trinajstić information content (AvgIpc) is 3.08. The number of carbonyl (C=O) groups is 1. The predicted octanol–water partition coefficient (Wildman–Crippen LogP) is 3.51. The molecule has 1 fully saturated rings. The van der Waals surface area contributed by atoms with E-state index in [1.165, 1.54) is 34.4 Å². The Bertz CT molecular complexity index is 712. The fourth-order valence-electron chi connectivity index (χ4n) is 2.69. The number of carbonyl (C=O) groups excluding carboxylic acids is 1. The van der Waals surface area contributed by atoms with Gasteiger partial charge in [-0.2, -0.15) is 13.2 Å². The molecular formula is C16H17F3N4OS. The molecule has 0 unspecified atom stereocenters. The van der Waals surface area contributed by atoms with Gasteiger partial charge in [0, 0.05) is 38.1 Å². The molecule has 1 aliphatic rings. The van der Waals surface area contributed by atoms with Crippen molar-refractivity contribution in [3.05, 3.63) is 46.4 Å². The molecule has 0 atom stereocenters. The molecule has 25 heavy (non-hydrogen) atoms. The largest absolute Gasteiger partial charge is 0.418 e. The van der Waals surface area contributed by atoms with E-state index in [0.717, 1.165) is 18.3 Å². The Labute approximate surface area is 147 Å². The van der Waals surface area contributed by atoms with Crippen molar-refractivity contribution in [1.29, 1.82) is 0 Å². The first-order chi connectivity index (χ1) is 11.9. The summed E-state index contributed by atoms with van der Waals surface area (Å²) in [5, 5.41) is 4.36. The minimum Gasteiger partial charge on any atom is -0.322 e. The van der Waals surface area contributed by atoms with Crippen molar-refractivity contribution in [3.63, 3.8) is 0 Å². The fraction of sp³-hybridized carbons (Fsp3) is 0.375. The molecule has 5 nitrogen and oxygen atoms in total. The Morgan fingerprint density at radius 3 is 2.56 bits per heavy atom. The molecular weight excluding hydrogens is 353 g/mol. The molecule has 2 aromatic rings. The first-order valence-electron chi connectivity index (χ1n) is 7.75. The first-order valence-corrected chi connectivity index (χ1v) is 8.69. The summed E-state index contributed by atoms with van der Waals surface area (Å²) < 4.78 is 39.0. The van der Waals surface area contributed by atoms with Crippen LogP contribution in [0.1, 0.15) is 11.3 Å². The van der Waals surface area contributed by atoms with Crippen molar-refractivity contribution in [2.24, 2.45) is 0 Å². The number of halogens is 3. The van der Waals surface area contributed by atoms with Crippen LogP contribution >= 0.6 is 11.3 Å². The zero-order valence-corrected chi connectivity index (χ0v) is 14.1. The van der Waals surface area contributed by atoms with Crippen molar-refractivity contribution in [1.82, 2.24) is 14.8 Å². The van der Waals surface area contributed by atoms with Gasteiger partial charge in [-0.3, -0.25) is 4.90 Å². The Hall–Kier alpha value is -2.13. The van der Waals surface area contributed by atoms with E-state index in [1.807, 2.05) is 5.38 Å². The summed E-state index contributed by atoms with van der Waals surface area (Å²) in [6, 6.07) is 4.48. The fourth-order valence-corrected chi connectivity index (χ4v) is 3.24. The molecule has 1 N–H and O–H groups in total. The van der Waals surface area contributed by atoms with Gasteiger partial charge >= 0.3 is 12.2 Å². The van der Waals surface area contributed by atoms with E-state index < -0.39 is 17.8 Å². The Balaban J connectivity index is 1.57. The van der Waals surface area contributed by atoms with Gasteiger partial charge in [0.05, 0.1) is 22.5 Å². The van der Waals surface area contributed by atoms with Gasteiger partial charge in [-0.05, 0) is 12.1 Å². The summed E-state index contributed by atoms with van der Waals surface area (Å²) in [6.07, 6.45) is -4.50. The van der Waals surface area contributed by atoms with E-state index in [0.29, 0.717) is 26.2 Å². The van der Waals surface area contributed by atoms with Gasteiger partial charge < -0.3 is 10.2 Å². The zero-order chi connectivity index (χ0) is 17.9. The molecule has 1 aromatic carbocycles. The Morgan fingerprint density at radius 1 is 1.20 bits per heavy atom. The van der Waals surface area contributed by atoms with Gasteiger partial charge in [0.1, 0.15) is 0 Å². The van der Waals surface area contributed by atoms with Gasteiger partial charge in [-0.1, -0.05) is 12.1 Å². The molecule has 2 amide bonds. The summed E-state index contributed by atoms with van der Waals surface area (Å²) >= 11 is 1.53. The van der Waals surface area contributed by atoms with Gasteiger partial charge in [-0.25, -0.2) is 9.78 Å². The molecule has 0 bridgehead atoms. The van der Waals surface area contributed by atoms with Crippen LogP contribution in [0.5, 0.6) is 0 Å². The summed E-state index contributed by atoms with van der Waals surface area (Å²) in [4.78, 5) is 20.2. The van der Waals surface area contributed by atoms with E-state index in [2.05, 4.69) is 15.2 Å². The number of nitrogens with one attached hydrogen (secondary N) is 1. The van der Waals surface area contributed by atoms with Crippen LogP contribution in [0.2, 0.25) is 0 Å². The number of amides is 2. The molecule has 0 aliphatic carbocycles. The van der Waals surface area contributed by atoms with Crippen LogP contribution in [0.25, 0.3) is 0 Å². The number of thiazole rings is 1. The van der Waals surface area contributed by atoms with E-state index in [1.54, 1.807) is 5.51 Å². The Morgan fingerprint density at radius 2 is 1.92 bits per heavy atom. The van der Waals surface area contributed by atoms with Gasteiger partial charge in [0.2, 0.25) is 0 Å². The number of anilines is 1. The van der Waals surface area contributed by atoms with Gasteiger partial charge in [0.15, 0.2) is 0 Å². The van der Waals surface area contributed by atoms with Crippen molar-refractivity contribution < 1.29 is 18.0 Å². The number of para-hydroxylation sites is 1. The topological polar surface area (TPSA) is 48.5 Å². The summed E-state index contributed by atoms with van der Waals surface area (Å²) in [6.45, 7) is 2.96. The molecule has 2 heterocycles. The van der Waals surface area contributed by atoms with Crippen molar-refractivity contribution in [2.75, 3.05) is 31.5 Å². The molecule has 0 radical (unpaired) electrons. The molecule has 1 saturated heterocycles. The van der Waals surface area contributed by atoms with Crippen LogP contribution in [0.15, 0.2) is 35.2 Å². The normalized spacial score (nSPS) is 16.0. The van der Waals surface area contributed by atoms with E-state index in [-0.39, 0.29) is 5.69 Å².